The van der Waals surface area contributed by atoms with Gasteiger partial charge in [0.15, 0.2) is 0 Å². The first-order valence-corrected chi connectivity index (χ1v) is 4.56. The maximum atomic E-state index is 10.9. The molecule has 0 spiro atoms. The Balaban J connectivity index is 2.98. The zero-order chi connectivity index (χ0) is 10.9. The fourth-order valence-electron chi connectivity index (χ4n) is 2.10. The van der Waals surface area contributed by atoms with Gasteiger partial charge in [0.2, 0.25) is 0 Å². The first kappa shape index (κ1) is 10.8. The Morgan fingerprint density at radius 2 is 1.93 bits per heavy atom. The topological polar surface area (TPSA) is 74.6 Å². The van der Waals surface area contributed by atoms with Crippen molar-refractivity contribution < 1.29 is 19.8 Å². The third-order valence-corrected chi connectivity index (χ3v) is 2.69. The highest BCUT2D eigenvalue weighted by molar-refractivity contribution is 5.81. The van der Waals surface area contributed by atoms with E-state index in [1.54, 1.807) is 6.92 Å². The third-order valence-electron chi connectivity index (χ3n) is 2.69. The molecule has 0 radical (unpaired) electrons. The van der Waals surface area contributed by atoms with Crippen molar-refractivity contribution in [2.45, 2.75) is 20.3 Å². The van der Waals surface area contributed by atoms with Crippen molar-refractivity contribution in [3.63, 3.8) is 0 Å². The Morgan fingerprint density at radius 3 is 2.36 bits per heavy atom. The quantitative estimate of drug-likeness (QED) is 0.657. The van der Waals surface area contributed by atoms with Gasteiger partial charge in [0.05, 0.1) is 11.8 Å². The van der Waals surface area contributed by atoms with Crippen molar-refractivity contribution in [3.8, 4) is 0 Å². The predicted octanol–water partition coefficient (Wildman–Crippen LogP) is 1.37. The van der Waals surface area contributed by atoms with Crippen LogP contribution < -0.4 is 0 Å². The maximum Gasteiger partial charge on any atom is 0.307 e. The molecule has 0 unspecified atom stereocenters. The average Bonchev–Trinajstić information content (AvgIpc) is 2.01. The summed E-state index contributed by atoms with van der Waals surface area (Å²) >= 11 is 0. The molecule has 0 aromatic rings. The van der Waals surface area contributed by atoms with E-state index >= 15 is 0 Å². The molecule has 3 atom stereocenters. The monoisotopic (exact) mass is 198 g/mol. The molecule has 0 heterocycles. The second kappa shape index (κ2) is 3.82. The van der Waals surface area contributed by atoms with Gasteiger partial charge in [0.1, 0.15) is 0 Å². The fourth-order valence-corrected chi connectivity index (χ4v) is 2.10. The van der Waals surface area contributed by atoms with Crippen LogP contribution in [-0.4, -0.2) is 22.2 Å². The van der Waals surface area contributed by atoms with Crippen molar-refractivity contribution >= 4 is 11.9 Å². The van der Waals surface area contributed by atoms with Gasteiger partial charge in [-0.25, -0.2) is 0 Å². The molecule has 1 rings (SSSR count). The normalized spacial score (nSPS) is 32.1. The van der Waals surface area contributed by atoms with Gasteiger partial charge in [0, 0.05) is 0 Å². The summed E-state index contributed by atoms with van der Waals surface area (Å²) in [6.07, 6.45) is 2.19. The Kier molecular flexibility index (Phi) is 2.93. The molecule has 78 valence electrons. The highest BCUT2D eigenvalue weighted by Crippen LogP contribution is 2.34. The second-order valence-corrected chi connectivity index (χ2v) is 3.89. The Labute approximate surface area is 82.2 Å². The zero-order valence-corrected chi connectivity index (χ0v) is 8.23. The van der Waals surface area contributed by atoms with E-state index in [0.29, 0.717) is 6.42 Å². The fraction of sp³-hybridized carbons (Fsp3) is 0.600. The van der Waals surface area contributed by atoms with Gasteiger partial charge in [-0.05, 0) is 19.3 Å². The summed E-state index contributed by atoms with van der Waals surface area (Å²) < 4.78 is 0. The highest BCUT2D eigenvalue weighted by Gasteiger charge is 2.39. The van der Waals surface area contributed by atoms with Gasteiger partial charge in [-0.2, -0.15) is 0 Å². The van der Waals surface area contributed by atoms with E-state index in [2.05, 4.69) is 0 Å². The summed E-state index contributed by atoms with van der Waals surface area (Å²) in [7, 11) is 0. The molecule has 0 saturated carbocycles. The summed E-state index contributed by atoms with van der Waals surface area (Å²) in [5, 5.41) is 17.8. The van der Waals surface area contributed by atoms with E-state index in [4.69, 9.17) is 10.2 Å². The number of hydrogen-bond donors (Lipinski definition) is 2. The minimum atomic E-state index is -1.02. The number of aliphatic carboxylic acids is 2. The molecule has 0 aromatic heterocycles. The van der Waals surface area contributed by atoms with E-state index in [9.17, 15) is 9.59 Å². The van der Waals surface area contributed by atoms with Crippen molar-refractivity contribution in [2.24, 2.45) is 17.8 Å². The van der Waals surface area contributed by atoms with Crippen LogP contribution in [0.25, 0.3) is 0 Å². The molecule has 0 bridgehead atoms. The summed E-state index contributed by atoms with van der Waals surface area (Å²) in [5.41, 5.74) is 0.961. The van der Waals surface area contributed by atoms with E-state index in [1.165, 1.54) is 0 Å². The largest absolute Gasteiger partial charge is 0.481 e. The number of carboxylic acids is 2. The van der Waals surface area contributed by atoms with Gasteiger partial charge >= 0.3 is 11.9 Å². The second-order valence-electron chi connectivity index (χ2n) is 3.89. The summed E-state index contributed by atoms with van der Waals surface area (Å²) in [6.45, 7) is 3.59. The Bertz CT molecular complexity index is 292. The van der Waals surface area contributed by atoms with Gasteiger partial charge in [-0.1, -0.05) is 18.6 Å². The predicted molar refractivity (Wildman–Crippen MR) is 49.8 cm³/mol. The first-order chi connectivity index (χ1) is 6.43. The van der Waals surface area contributed by atoms with Crippen LogP contribution in [0.4, 0.5) is 0 Å². The molecule has 4 nitrogen and oxygen atoms in total. The van der Waals surface area contributed by atoms with Crippen LogP contribution in [0.5, 0.6) is 0 Å². The maximum absolute atomic E-state index is 10.9. The van der Waals surface area contributed by atoms with Crippen LogP contribution in [0.15, 0.2) is 11.6 Å². The first-order valence-electron chi connectivity index (χ1n) is 4.56. The Morgan fingerprint density at radius 1 is 1.36 bits per heavy atom. The highest BCUT2D eigenvalue weighted by atomic mass is 16.4. The van der Waals surface area contributed by atoms with E-state index in [1.807, 2.05) is 13.0 Å². The number of carboxylic acid groups (broad SMARTS) is 2. The molecule has 0 amide bonds. The molecular formula is C10H14O4. The Hall–Kier alpha value is -1.32. The lowest BCUT2D eigenvalue weighted by molar-refractivity contribution is -0.155. The van der Waals surface area contributed by atoms with Crippen LogP contribution in [0.2, 0.25) is 0 Å². The third kappa shape index (κ3) is 1.95. The minimum absolute atomic E-state index is 0.206. The van der Waals surface area contributed by atoms with Crippen LogP contribution in [0, 0.1) is 17.8 Å². The molecule has 0 aliphatic heterocycles. The zero-order valence-electron chi connectivity index (χ0n) is 8.23. The number of allylic oxidation sites excluding steroid dienone is 2. The molecule has 4 heteroatoms. The molecule has 1 aliphatic carbocycles. The van der Waals surface area contributed by atoms with Gasteiger partial charge < -0.3 is 10.2 Å². The lowest BCUT2D eigenvalue weighted by atomic mass is 9.74. The molecule has 1 aliphatic rings. The van der Waals surface area contributed by atoms with Crippen LogP contribution >= 0.6 is 0 Å². The minimum Gasteiger partial charge on any atom is -0.481 e. The van der Waals surface area contributed by atoms with Gasteiger partial charge in [0.25, 0.3) is 0 Å². The van der Waals surface area contributed by atoms with Crippen molar-refractivity contribution in [1.29, 1.82) is 0 Å². The average molecular weight is 198 g/mol. The SMILES string of the molecule is CC1=C[C@@H](C)[C@@H](C(=O)O)[C@H](C(=O)O)C1. The molecule has 0 fully saturated rings. The lowest BCUT2D eigenvalue weighted by Gasteiger charge is -2.29. The molecule has 0 saturated heterocycles. The van der Waals surface area contributed by atoms with Crippen molar-refractivity contribution in [3.05, 3.63) is 11.6 Å². The van der Waals surface area contributed by atoms with Gasteiger partial charge in [-0.15, -0.1) is 0 Å². The van der Waals surface area contributed by atoms with Crippen molar-refractivity contribution in [2.75, 3.05) is 0 Å². The smallest absolute Gasteiger partial charge is 0.307 e. The van der Waals surface area contributed by atoms with E-state index in [-0.39, 0.29) is 5.92 Å². The number of carbonyl (C=O) groups is 2. The van der Waals surface area contributed by atoms with Crippen LogP contribution in [0.1, 0.15) is 20.3 Å². The summed E-state index contributed by atoms with van der Waals surface area (Å²) in [5.74, 6) is -3.82. The van der Waals surface area contributed by atoms with E-state index in [0.717, 1.165) is 5.57 Å². The molecular weight excluding hydrogens is 184 g/mol. The number of rotatable bonds is 2. The molecule has 14 heavy (non-hydrogen) atoms. The summed E-state index contributed by atoms with van der Waals surface area (Å²) in [4.78, 5) is 21.8. The van der Waals surface area contributed by atoms with Crippen LogP contribution in [-0.2, 0) is 9.59 Å². The standard InChI is InChI=1S/C10H14O4/c1-5-3-6(2)8(10(13)14)7(4-5)9(11)12/h3,6-8H,4H2,1-2H3,(H,11,12)(H,13,14)/t6-,7-,8-/m1/s1. The van der Waals surface area contributed by atoms with Gasteiger partial charge in [-0.3, -0.25) is 9.59 Å². The van der Waals surface area contributed by atoms with Crippen LogP contribution in [0.3, 0.4) is 0 Å². The van der Waals surface area contributed by atoms with Crippen molar-refractivity contribution in [1.82, 2.24) is 0 Å². The molecule has 2 N–H and O–H groups in total. The molecule has 0 aromatic carbocycles. The van der Waals surface area contributed by atoms with E-state index < -0.39 is 23.8 Å². The lowest BCUT2D eigenvalue weighted by Crippen LogP contribution is -2.36. The number of hydrogen-bond acceptors (Lipinski definition) is 2. The summed E-state index contributed by atoms with van der Waals surface area (Å²) in [6, 6.07) is 0.